The summed E-state index contributed by atoms with van der Waals surface area (Å²) in [5, 5.41) is 14.4. The van der Waals surface area contributed by atoms with E-state index in [2.05, 4.69) is 25.6 Å². The molecule has 0 saturated heterocycles. The van der Waals surface area contributed by atoms with E-state index in [4.69, 9.17) is 5.41 Å². The van der Waals surface area contributed by atoms with E-state index < -0.39 is 0 Å². The van der Waals surface area contributed by atoms with Crippen LogP contribution in [0.1, 0.15) is 32.6 Å². The molecule has 1 fully saturated rings. The highest BCUT2D eigenvalue weighted by Gasteiger charge is 2.19. The molecule has 6 heteroatoms. The van der Waals surface area contributed by atoms with Gasteiger partial charge in [0.2, 0.25) is 5.95 Å². The maximum absolute atomic E-state index is 7.75. The quantitative estimate of drug-likeness (QED) is 0.788. The van der Waals surface area contributed by atoms with Crippen LogP contribution in [0.3, 0.4) is 0 Å². The second kappa shape index (κ2) is 7.17. The van der Waals surface area contributed by atoms with Gasteiger partial charge in [0.05, 0.1) is 11.3 Å². The highest BCUT2D eigenvalue weighted by atomic mass is 15.1. The van der Waals surface area contributed by atoms with Gasteiger partial charge in [-0.15, -0.1) is 0 Å². The molecule has 120 valence electrons. The molecular formula is C17H22N6. The van der Waals surface area contributed by atoms with Gasteiger partial charge >= 0.3 is 0 Å². The smallest absolute Gasteiger partial charge is 0.224 e. The van der Waals surface area contributed by atoms with Crippen molar-refractivity contribution >= 4 is 17.5 Å². The van der Waals surface area contributed by atoms with Crippen LogP contribution >= 0.6 is 0 Å². The van der Waals surface area contributed by atoms with E-state index in [0.717, 1.165) is 55.0 Å². The van der Waals surface area contributed by atoms with Gasteiger partial charge in [-0.05, 0) is 44.7 Å². The minimum atomic E-state index is 0.343. The largest absolute Gasteiger partial charge is 0.367 e. The Balaban J connectivity index is 1.88. The van der Waals surface area contributed by atoms with E-state index in [1.54, 1.807) is 6.20 Å². The second-order valence-electron chi connectivity index (χ2n) is 5.72. The molecule has 23 heavy (non-hydrogen) atoms. The van der Waals surface area contributed by atoms with Gasteiger partial charge in [-0.25, -0.2) is 4.98 Å². The Morgan fingerprint density at radius 2 is 2.04 bits per heavy atom. The Labute approximate surface area is 136 Å². The van der Waals surface area contributed by atoms with Crippen LogP contribution in [0, 0.1) is 5.41 Å². The van der Waals surface area contributed by atoms with Crippen LogP contribution in [0.4, 0.5) is 11.8 Å². The third-order valence-corrected chi connectivity index (χ3v) is 3.99. The van der Waals surface area contributed by atoms with Crippen molar-refractivity contribution in [3.05, 3.63) is 30.6 Å². The molecule has 3 rings (SSSR count). The first-order valence-corrected chi connectivity index (χ1v) is 8.11. The van der Waals surface area contributed by atoms with Crippen molar-refractivity contribution in [2.45, 2.75) is 38.6 Å². The lowest BCUT2D eigenvalue weighted by Gasteiger charge is -2.25. The Kier molecular flexibility index (Phi) is 4.80. The molecule has 6 nitrogen and oxygen atoms in total. The highest BCUT2D eigenvalue weighted by molar-refractivity contribution is 5.82. The van der Waals surface area contributed by atoms with Gasteiger partial charge in [0.15, 0.2) is 0 Å². The predicted octanol–water partition coefficient (Wildman–Crippen LogP) is 3.34. The molecule has 2 heterocycles. The lowest BCUT2D eigenvalue weighted by Crippen LogP contribution is -2.26. The van der Waals surface area contributed by atoms with Gasteiger partial charge < -0.3 is 16.0 Å². The number of pyridine rings is 1. The summed E-state index contributed by atoms with van der Waals surface area (Å²) >= 11 is 0. The number of anilines is 2. The van der Waals surface area contributed by atoms with Gasteiger partial charge in [-0.3, -0.25) is 4.98 Å². The standard InChI is InChI=1S/C17H22N6/c1-2-19-17-21-11-14(15-5-3-4-10-20-15)16(23-17)22-13-8-6-12(18)7-9-13/h3-5,10-11,13,18H,2,6-9H2,1H3,(H2,19,21,22,23). The van der Waals surface area contributed by atoms with Gasteiger partial charge in [-0.1, -0.05) is 6.07 Å². The summed E-state index contributed by atoms with van der Waals surface area (Å²) < 4.78 is 0. The van der Waals surface area contributed by atoms with Gasteiger partial charge in [0, 0.05) is 30.7 Å². The molecule has 2 aromatic rings. The molecule has 0 aromatic carbocycles. The average Bonchev–Trinajstić information content (AvgIpc) is 2.58. The van der Waals surface area contributed by atoms with Gasteiger partial charge in [0.25, 0.3) is 0 Å². The number of nitrogens with zero attached hydrogens (tertiary/aromatic N) is 3. The topological polar surface area (TPSA) is 86.6 Å². The third-order valence-electron chi connectivity index (χ3n) is 3.99. The Morgan fingerprint density at radius 3 is 2.74 bits per heavy atom. The Bertz CT molecular complexity index is 660. The number of hydrogen-bond acceptors (Lipinski definition) is 6. The van der Waals surface area contributed by atoms with Crippen molar-refractivity contribution in [2.24, 2.45) is 0 Å². The minimum absolute atomic E-state index is 0.343. The van der Waals surface area contributed by atoms with Gasteiger partial charge in [-0.2, -0.15) is 4.98 Å². The molecule has 0 amide bonds. The third kappa shape index (κ3) is 3.83. The first kappa shape index (κ1) is 15.4. The fraction of sp³-hybridized carbons (Fsp3) is 0.412. The molecule has 0 atom stereocenters. The molecule has 0 aliphatic heterocycles. The van der Waals surface area contributed by atoms with E-state index in [0.29, 0.717) is 12.0 Å². The number of nitrogens with one attached hydrogen (secondary N) is 3. The summed E-state index contributed by atoms with van der Waals surface area (Å²) in [6.07, 6.45) is 7.27. The van der Waals surface area contributed by atoms with E-state index >= 15 is 0 Å². The van der Waals surface area contributed by atoms with Crippen LogP contribution < -0.4 is 10.6 Å². The lowest BCUT2D eigenvalue weighted by molar-refractivity contribution is 0.588. The van der Waals surface area contributed by atoms with Crippen molar-refractivity contribution in [3.8, 4) is 11.3 Å². The van der Waals surface area contributed by atoms with Crippen LogP contribution in [-0.4, -0.2) is 33.3 Å². The van der Waals surface area contributed by atoms with Crippen molar-refractivity contribution < 1.29 is 0 Å². The van der Waals surface area contributed by atoms with Crippen molar-refractivity contribution in [1.82, 2.24) is 15.0 Å². The molecule has 1 aliphatic rings. The molecular weight excluding hydrogens is 288 g/mol. The van der Waals surface area contributed by atoms with Crippen molar-refractivity contribution in [1.29, 1.82) is 5.41 Å². The zero-order valence-electron chi connectivity index (χ0n) is 13.3. The minimum Gasteiger partial charge on any atom is -0.367 e. The lowest BCUT2D eigenvalue weighted by atomic mass is 9.93. The predicted molar refractivity (Wildman–Crippen MR) is 93.0 cm³/mol. The Hall–Kier alpha value is -2.50. The molecule has 1 saturated carbocycles. The molecule has 0 radical (unpaired) electrons. The van der Waals surface area contributed by atoms with Crippen LogP contribution in [0.5, 0.6) is 0 Å². The maximum atomic E-state index is 7.75. The monoisotopic (exact) mass is 310 g/mol. The van der Waals surface area contributed by atoms with E-state index in [1.807, 2.05) is 31.3 Å². The first-order chi connectivity index (χ1) is 11.3. The van der Waals surface area contributed by atoms with Crippen LogP contribution in [0.25, 0.3) is 11.3 Å². The summed E-state index contributed by atoms with van der Waals surface area (Å²) in [6.45, 7) is 2.80. The molecule has 1 aliphatic carbocycles. The maximum Gasteiger partial charge on any atom is 0.224 e. The summed E-state index contributed by atoms with van der Waals surface area (Å²) in [4.78, 5) is 13.4. The zero-order valence-corrected chi connectivity index (χ0v) is 13.3. The van der Waals surface area contributed by atoms with Crippen LogP contribution in [0.15, 0.2) is 30.6 Å². The van der Waals surface area contributed by atoms with E-state index in [1.165, 1.54) is 0 Å². The molecule has 2 aromatic heterocycles. The number of hydrogen-bond donors (Lipinski definition) is 3. The summed E-state index contributed by atoms with van der Waals surface area (Å²) in [5.41, 5.74) is 2.62. The molecule has 0 spiro atoms. The number of aromatic nitrogens is 3. The summed E-state index contributed by atoms with van der Waals surface area (Å²) in [6, 6.07) is 6.17. The van der Waals surface area contributed by atoms with E-state index in [-0.39, 0.29) is 0 Å². The number of rotatable bonds is 5. The van der Waals surface area contributed by atoms with Crippen molar-refractivity contribution in [2.75, 3.05) is 17.2 Å². The molecule has 0 unspecified atom stereocenters. The first-order valence-electron chi connectivity index (χ1n) is 8.11. The highest BCUT2D eigenvalue weighted by Crippen LogP contribution is 2.27. The fourth-order valence-electron chi connectivity index (χ4n) is 2.75. The summed E-state index contributed by atoms with van der Waals surface area (Å²) in [5.74, 6) is 1.44. The SMILES string of the molecule is CCNc1ncc(-c2ccccn2)c(NC2CCC(=N)CC2)n1. The average molecular weight is 310 g/mol. The molecule has 0 bridgehead atoms. The van der Waals surface area contributed by atoms with Gasteiger partial charge in [0.1, 0.15) is 5.82 Å². The summed E-state index contributed by atoms with van der Waals surface area (Å²) in [7, 11) is 0. The van der Waals surface area contributed by atoms with Crippen LogP contribution in [0.2, 0.25) is 0 Å². The molecule has 3 N–H and O–H groups in total. The normalized spacial score (nSPS) is 17.8. The fourth-order valence-corrected chi connectivity index (χ4v) is 2.75. The second-order valence-corrected chi connectivity index (χ2v) is 5.72. The van der Waals surface area contributed by atoms with Crippen molar-refractivity contribution in [3.63, 3.8) is 0 Å². The zero-order chi connectivity index (χ0) is 16.1. The van der Waals surface area contributed by atoms with Crippen LogP contribution in [-0.2, 0) is 0 Å². The Morgan fingerprint density at radius 1 is 1.22 bits per heavy atom. The van der Waals surface area contributed by atoms with E-state index in [9.17, 15) is 0 Å².